The standard InChI is InChI=1S/C13H17NO5/c1-18-10-4-3-9(7-11(10)19-2)8-14-12(15)5-6-13(16)17/h3-4,7H,5-6,8H2,1-2H3,(H,14,15)(H,16,17). The highest BCUT2D eigenvalue weighted by atomic mass is 16.5. The summed E-state index contributed by atoms with van der Waals surface area (Å²) in [6.45, 7) is 0.318. The van der Waals surface area contributed by atoms with Crippen LogP contribution >= 0.6 is 0 Å². The Morgan fingerprint density at radius 2 is 1.84 bits per heavy atom. The Morgan fingerprint density at radius 1 is 1.16 bits per heavy atom. The van der Waals surface area contributed by atoms with E-state index in [2.05, 4.69) is 5.32 Å². The molecule has 19 heavy (non-hydrogen) atoms. The van der Waals surface area contributed by atoms with Gasteiger partial charge in [-0.1, -0.05) is 6.07 Å². The molecule has 0 unspecified atom stereocenters. The molecule has 0 aliphatic rings. The van der Waals surface area contributed by atoms with E-state index < -0.39 is 5.97 Å². The van der Waals surface area contributed by atoms with Gasteiger partial charge in [0.1, 0.15) is 0 Å². The second-order valence-corrected chi connectivity index (χ2v) is 3.86. The molecule has 6 nitrogen and oxygen atoms in total. The topological polar surface area (TPSA) is 84.9 Å². The van der Waals surface area contributed by atoms with Crippen molar-refractivity contribution in [3.63, 3.8) is 0 Å². The smallest absolute Gasteiger partial charge is 0.303 e. The molecule has 0 saturated carbocycles. The molecule has 0 radical (unpaired) electrons. The van der Waals surface area contributed by atoms with Crippen LogP contribution in [0.25, 0.3) is 0 Å². The number of rotatable bonds is 7. The van der Waals surface area contributed by atoms with Crippen molar-refractivity contribution in [1.82, 2.24) is 5.32 Å². The summed E-state index contributed by atoms with van der Waals surface area (Å²) >= 11 is 0. The molecule has 1 amide bonds. The molecular weight excluding hydrogens is 250 g/mol. The summed E-state index contributed by atoms with van der Waals surface area (Å²) in [4.78, 5) is 21.7. The quantitative estimate of drug-likeness (QED) is 0.775. The molecule has 0 aromatic heterocycles. The van der Waals surface area contributed by atoms with E-state index in [1.165, 1.54) is 7.11 Å². The number of carbonyl (C=O) groups is 2. The summed E-state index contributed by atoms with van der Waals surface area (Å²) in [7, 11) is 3.08. The summed E-state index contributed by atoms with van der Waals surface area (Å²) < 4.78 is 10.3. The van der Waals surface area contributed by atoms with Crippen LogP contribution in [-0.4, -0.2) is 31.2 Å². The third-order valence-corrected chi connectivity index (χ3v) is 2.50. The van der Waals surface area contributed by atoms with Crippen LogP contribution in [0.3, 0.4) is 0 Å². The van der Waals surface area contributed by atoms with E-state index in [0.29, 0.717) is 18.0 Å². The molecule has 0 spiro atoms. The van der Waals surface area contributed by atoms with E-state index >= 15 is 0 Å². The fraction of sp³-hybridized carbons (Fsp3) is 0.385. The van der Waals surface area contributed by atoms with Crippen LogP contribution in [0.4, 0.5) is 0 Å². The van der Waals surface area contributed by atoms with Gasteiger partial charge in [-0.05, 0) is 17.7 Å². The Bertz CT molecular complexity index is 458. The van der Waals surface area contributed by atoms with Crippen LogP contribution < -0.4 is 14.8 Å². The average Bonchev–Trinajstić information content (AvgIpc) is 2.42. The highest BCUT2D eigenvalue weighted by Gasteiger charge is 2.07. The van der Waals surface area contributed by atoms with Crippen LogP contribution in [0.15, 0.2) is 18.2 Å². The Morgan fingerprint density at radius 3 is 2.42 bits per heavy atom. The van der Waals surface area contributed by atoms with Crippen molar-refractivity contribution in [3.05, 3.63) is 23.8 Å². The Labute approximate surface area is 111 Å². The molecule has 0 atom stereocenters. The Kier molecular flexibility index (Phi) is 5.66. The van der Waals surface area contributed by atoms with Crippen molar-refractivity contribution < 1.29 is 24.2 Å². The molecule has 2 N–H and O–H groups in total. The van der Waals surface area contributed by atoms with Crippen molar-refractivity contribution in [2.24, 2.45) is 0 Å². The predicted octanol–water partition coefficient (Wildman–Crippen LogP) is 1.18. The van der Waals surface area contributed by atoms with Crippen molar-refractivity contribution in [1.29, 1.82) is 0 Å². The lowest BCUT2D eigenvalue weighted by molar-refractivity contribution is -0.138. The zero-order valence-electron chi connectivity index (χ0n) is 10.9. The maximum atomic E-state index is 11.4. The zero-order chi connectivity index (χ0) is 14.3. The van der Waals surface area contributed by atoms with E-state index in [-0.39, 0.29) is 18.7 Å². The van der Waals surface area contributed by atoms with Crippen LogP contribution in [0.1, 0.15) is 18.4 Å². The second kappa shape index (κ2) is 7.25. The summed E-state index contributed by atoms with van der Waals surface area (Å²) in [5.41, 5.74) is 0.848. The number of carbonyl (C=O) groups excluding carboxylic acids is 1. The minimum absolute atomic E-state index is 0.0252. The second-order valence-electron chi connectivity index (χ2n) is 3.86. The van der Waals surface area contributed by atoms with E-state index in [1.54, 1.807) is 25.3 Å². The molecule has 0 fully saturated rings. The molecule has 0 heterocycles. The number of carboxylic acid groups (broad SMARTS) is 1. The molecule has 1 aromatic carbocycles. The van der Waals surface area contributed by atoms with E-state index in [4.69, 9.17) is 14.6 Å². The molecular formula is C13H17NO5. The number of hydrogen-bond acceptors (Lipinski definition) is 4. The van der Waals surface area contributed by atoms with E-state index in [9.17, 15) is 9.59 Å². The summed E-state index contributed by atoms with van der Waals surface area (Å²) in [5, 5.41) is 11.1. The van der Waals surface area contributed by atoms with Crippen molar-refractivity contribution in [2.45, 2.75) is 19.4 Å². The van der Waals surface area contributed by atoms with Gasteiger partial charge in [-0.3, -0.25) is 9.59 Å². The van der Waals surface area contributed by atoms with E-state index in [1.807, 2.05) is 0 Å². The number of amides is 1. The lowest BCUT2D eigenvalue weighted by Gasteiger charge is -2.10. The minimum atomic E-state index is -0.985. The SMILES string of the molecule is COc1ccc(CNC(=O)CCC(=O)O)cc1OC. The monoisotopic (exact) mass is 267 g/mol. The van der Waals surface area contributed by atoms with Gasteiger partial charge in [0.2, 0.25) is 5.91 Å². The van der Waals surface area contributed by atoms with Crippen LogP contribution in [0.2, 0.25) is 0 Å². The van der Waals surface area contributed by atoms with Crippen molar-refractivity contribution in [2.75, 3.05) is 14.2 Å². The minimum Gasteiger partial charge on any atom is -0.493 e. The summed E-state index contributed by atoms with van der Waals surface area (Å²) in [5.74, 6) is -0.0818. The number of nitrogens with one attached hydrogen (secondary N) is 1. The first-order valence-corrected chi connectivity index (χ1v) is 5.76. The molecule has 104 valence electrons. The maximum Gasteiger partial charge on any atom is 0.303 e. The number of hydrogen-bond donors (Lipinski definition) is 2. The van der Waals surface area contributed by atoms with Gasteiger partial charge in [0.15, 0.2) is 11.5 Å². The number of aliphatic carboxylic acids is 1. The molecule has 0 bridgehead atoms. The van der Waals surface area contributed by atoms with Crippen LogP contribution in [0.5, 0.6) is 11.5 Å². The van der Waals surface area contributed by atoms with Crippen LogP contribution in [0, 0.1) is 0 Å². The molecule has 1 rings (SSSR count). The normalized spacial score (nSPS) is 9.79. The first kappa shape index (κ1) is 14.8. The van der Waals surface area contributed by atoms with Gasteiger partial charge < -0.3 is 19.9 Å². The Hall–Kier alpha value is -2.24. The van der Waals surface area contributed by atoms with Crippen LogP contribution in [-0.2, 0) is 16.1 Å². The molecule has 6 heteroatoms. The molecule has 0 aliphatic carbocycles. The molecule has 0 saturated heterocycles. The van der Waals surface area contributed by atoms with Crippen molar-refractivity contribution in [3.8, 4) is 11.5 Å². The zero-order valence-corrected chi connectivity index (χ0v) is 10.9. The van der Waals surface area contributed by atoms with Gasteiger partial charge in [0, 0.05) is 13.0 Å². The van der Waals surface area contributed by atoms with Gasteiger partial charge in [-0.15, -0.1) is 0 Å². The molecule has 1 aromatic rings. The van der Waals surface area contributed by atoms with E-state index in [0.717, 1.165) is 5.56 Å². The number of methoxy groups -OCH3 is 2. The first-order valence-electron chi connectivity index (χ1n) is 5.76. The number of ether oxygens (including phenoxy) is 2. The van der Waals surface area contributed by atoms with Gasteiger partial charge in [0.05, 0.1) is 20.6 Å². The van der Waals surface area contributed by atoms with Crippen molar-refractivity contribution >= 4 is 11.9 Å². The maximum absolute atomic E-state index is 11.4. The highest BCUT2D eigenvalue weighted by Crippen LogP contribution is 2.27. The third kappa shape index (κ3) is 4.87. The summed E-state index contributed by atoms with van der Waals surface area (Å²) in [6, 6.07) is 5.31. The van der Waals surface area contributed by atoms with Gasteiger partial charge in [-0.25, -0.2) is 0 Å². The Balaban J connectivity index is 2.53. The molecule has 0 aliphatic heterocycles. The number of benzene rings is 1. The summed E-state index contributed by atoms with van der Waals surface area (Å²) in [6.07, 6.45) is -0.194. The van der Waals surface area contributed by atoms with Gasteiger partial charge in [0.25, 0.3) is 0 Å². The predicted molar refractivity (Wildman–Crippen MR) is 68.3 cm³/mol. The fourth-order valence-corrected chi connectivity index (χ4v) is 1.50. The number of carboxylic acids is 1. The highest BCUT2D eigenvalue weighted by molar-refractivity contribution is 5.80. The van der Waals surface area contributed by atoms with Gasteiger partial charge >= 0.3 is 5.97 Å². The third-order valence-electron chi connectivity index (χ3n) is 2.50. The first-order chi connectivity index (χ1) is 9.06. The lowest BCUT2D eigenvalue weighted by atomic mass is 10.2. The largest absolute Gasteiger partial charge is 0.493 e. The fourth-order valence-electron chi connectivity index (χ4n) is 1.50. The average molecular weight is 267 g/mol. The lowest BCUT2D eigenvalue weighted by Crippen LogP contribution is -2.23. The van der Waals surface area contributed by atoms with Gasteiger partial charge in [-0.2, -0.15) is 0 Å².